The molecule has 0 saturated carbocycles. The van der Waals surface area contributed by atoms with Crippen LogP contribution in [-0.4, -0.2) is 31.8 Å². The summed E-state index contributed by atoms with van der Waals surface area (Å²) in [6.45, 7) is 8.56. The van der Waals surface area contributed by atoms with E-state index in [2.05, 4.69) is 6.92 Å². The van der Waals surface area contributed by atoms with Gasteiger partial charge in [0.15, 0.2) is 0 Å². The molecule has 1 aromatic rings. The molecule has 0 N–H and O–H groups in total. The van der Waals surface area contributed by atoms with Gasteiger partial charge in [0.2, 0.25) is 0 Å². The molecule has 1 rings (SSSR count). The summed E-state index contributed by atoms with van der Waals surface area (Å²) < 4.78 is 16.1. The maximum absolute atomic E-state index is 11.9. The number of rotatable bonds is 15. The maximum Gasteiger partial charge on any atom is 0.330 e. The third-order valence-corrected chi connectivity index (χ3v) is 5.07. The van der Waals surface area contributed by atoms with Crippen LogP contribution < -0.4 is 4.74 Å². The van der Waals surface area contributed by atoms with Gasteiger partial charge in [-0.1, -0.05) is 64.2 Å². The predicted octanol–water partition coefficient (Wildman–Crippen LogP) is 5.96. The van der Waals surface area contributed by atoms with Gasteiger partial charge in [-0.05, 0) is 38.8 Å². The van der Waals surface area contributed by atoms with E-state index in [1.165, 1.54) is 38.2 Å². The Hall–Kier alpha value is -2.30. The quantitative estimate of drug-likeness (QED) is 0.200. The molecule has 0 radical (unpaired) electrons. The molecule has 0 atom stereocenters. The Morgan fingerprint density at radius 3 is 2.30 bits per heavy atom. The number of esters is 2. The fourth-order valence-corrected chi connectivity index (χ4v) is 2.64. The summed E-state index contributed by atoms with van der Waals surface area (Å²) in [6, 6.07) is 7.61. The van der Waals surface area contributed by atoms with Gasteiger partial charge < -0.3 is 14.2 Å². The van der Waals surface area contributed by atoms with E-state index in [0.717, 1.165) is 17.7 Å². The fourth-order valence-electron chi connectivity index (χ4n) is 2.64. The van der Waals surface area contributed by atoms with Crippen LogP contribution in [0.2, 0.25) is 0 Å². The SMILES string of the molecule is CCCCCCCCOc1ccccc1/C=C/C(=O)OCCOC(=O)C(C)(C)CC. The van der Waals surface area contributed by atoms with Crippen LogP contribution in [0, 0.1) is 5.41 Å². The Balaban J connectivity index is 2.36. The molecular weight excluding hydrogens is 380 g/mol. The number of carbonyl (C=O) groups is 2. The van der Waals surface area contributed by atoms with Crippen molar-refractivity contribution in [1.82, 2.24) is 0 Å². The molecule has 0 aromatic heterocycles. The van der Waals surface area contributed by atoms with Gasteiger partial charge in [-0.25, -0.2) is 4.79 Å². The Labute approximate surface area is 181 Å². The molecule has 0 bridgehead atoms. The molecule has 0 fully saturated rings. The zero-order valence-electron chi connectivity index (χ0n) is 19.1. The van der Waals surface area contributed by atoms with Gasteiger partial charge >= 0.3 is 11.9 Å². The first-order valence-electron chi connectivity index (χ1n) is 11.1. The van der Waals surface area contributed by atoms with E-state index in [0.29, 0.717) is 13.0 Å². The van der Waals surface area contributed by atoms with Crippen molar-refractivity contribution in [3.05, 3.63) is 35.9 Å². The fraction of sp³-hybridized carbons (Fsp3) is 0.600. The van der Waals surface area contributed by atoms with Crippen LogP contribution in [0.4, 0.5) is 0 Å². The average Bonchev–Trinajstić information content (AvgIpc) is 2.75. The van der Waals surface area contributed by atoms with Crippen molar-refractivity contribution in [2.24, 2.45) is 5.41 Å². The van der Waals surface area contributed by atoms with E-state index >= 15 is 0 Å². The molecule has 0 amide bonds. The molecule has 0 aliphatic carbocycles. The molecular formula is C25H38O5. The van der Waals surface area contributed by atoms with Crippen LogP contribution in [0.5, 0.6) is 5.75 Å². The number of hydrogen-bond acceptors (Lipinski definition) is 5. The summed E-state index contributed by atoms with van der Waals surface area (Å²) in [4.78, 5) is 23.8. The van der Waals surface area contributed by atoms with Crippen molar-refractivity contribution in [1.29, 1.82) is 0 Å². The molecule has 0 unspecified atom stereocenters. The lowest BCUT2D eigenvalue weighted by molar-refractivity contribution is -0.157. The number of carbonyl (C=O) groups excluding carboxylic acids is 2. The van der Waals surface area contributed by atoms with Gasteiger partial charge in [-0.15, -0.1) is 0 Å². The first-order chi connectivity index (χ1) is 14.4. The molecule has 30 heavy (non-hydrogen) atoms. The third-order valence-electron chi connectivity index (χ3n) is 5.07. The van der Waals surface area contributed by atoms with Crippen molar-refractivity contribution in [3.8, 4) is 5.75 Å². The topological polar surface area (TPSA) is 61.8 Å². The van der Waals surface area contributed by atoms with E-state index in [1.54, 1.807) is 6.08 Å². The molecule has 5 nitrogen and oxygen atoms in total. The minimum Gasteiger partial charge on any atom is -0.493 e. The summed E-state index contributed by atoms with van der Waals surface area (Å²) in [7, 11) is 0. The van der Waals surface area contributed by atoms with Gasteiger partial charge in [0, 0.05) is 11.6 Å². The largest absolute Gasteiger partial charge is 0.493 e. The van der Waals surface area contributed by atoms with Crippen molar-refractivity contribution in [2.45, 2.75) is 72.6 Å². The molecule has 5 heteroatoms. The molecule has 168 valence electrons. The van der Waals surface area contributed by atoms with Gasteiger partial charge in [0.25, 0.3) is 0 Å². The average molecular weight is 419 g/mol. The van der Waals surface area contributed by atoms with Crippen molar-refractivity contribution < 1.29 is 23.8 Å². The van der Waals surface area contributed by atoms with Gasteiger partial charge in [-0.3, -0.25) is 4.79 Å². The molecule has 0 saturated heterocycles. The van der Waals surface area contributed by atoms with Crippen LogP contribution in [0.3, 0.4) is 0 Å². The van der Waals surface area contributed by atoms with E-state index in [1.807, 2.05) is 45.0 Å². The zero-order valence-corrected chi connectivity index (χ0v) is 19.1. The van der Waals surface area contributed by atoms with Crippen LogP contribution in [-0.2, 0) is 19.1 Å². The number of para-hydroxylation sites is 1. The number of ether oxygens (including phenoxy) is 3. The van der Waals surface area contributed by atoms with Crippen LogP contribution in [0.15, 0.2) is 30.3 Å². The lowest BCUT2D eigenvalue weighted by atomic mass is 9.91. The lowest BCUT2D eigenvalue weighted by Crippen LogP contribution is -2.27. The molecule has 0 heterocycles. The Kier molecular flexibility index (Phi) is 12.6. The van der Waals surface area contributed by atoms with Gasteiger partial charge in [0.05, 0.1) is 12.0 Å². The second kappa shape index (κ2) is 14.6. The number of unbranched alkanes of at least 4 members (excludes halogenated alkanes) is 5. The van der Waals surface area contributed by atoms with E-state index in [-0.39, 0.29) is 19.2 Å². The molecule has 0 spiro atoms. The van der Waals surface area contributed by atoms with Crippen LogP contribution in [0.1, 0.15) is 78.2 Å². The van der Waals surface area contributed by atoms with Crippen LogP contribution in [0.25, 0.3) is 6.08 Å². The second-order valence-electron chi connectivity index (χ2n) is 8.03. The highest BCUT2D eigenvalue weighted by molar-refractivity contribution is 5.87. The summed E-state index contributed by atoms with van der Waals surface area (Å²) in [5.41, 5.74) is 0.305. The predicted molar refractivity (Wildman–Crippen MR) is 120 cm³/mol. The smallest absolute Gasteiger partial charge is 0.330 e. The summed E-state index contributed by atoms with van der Waals surface area (Å²) in [5.74, 6) is -0.00889. The monoisotopic (exact) mass is 418 g/mol. The highest BCUT2D eigenvalue weighted by Gasteiger charge is 2.26. The van der Waals surface area contributed by atoms with E-state index in [4.69, 9.17) is 14.2 Å². The molecule has 1 aromatic carbocycles. The summed E-state index contributed by atoms with van der Waals surface area (Å²) >= 11 is 0. The number of hydrogen-bond donors (Lipinski definition) is 0. The normalized spacial score (nSPS) is 11.5. The first-order valence-corrected chi connectivity index (χ1v) is 11.1. The molecule has 0 aliphatic heterocycles. The van der Waals surface area contributed by atoms with Crippen molar-refractivity contribution in [2.75, 3.05) is 19.8 Å². The van der Waals surface area contributed by atoms with E-state index < -0.39 is 11.4 Å². The Bertz CT molecular complexity index is 663. The highest BCUT2D eigenvalue weighted by Crippen LogP contribution is 2.21. The highest BCUT2D eigenvalue weighted by atomic mass is 16.6. The Morgan fingerprint density at radius 1 is 0.900 bits per heavy atom. The Morgan fingerprint density at radius 2 is 1.57 bits per heavy atom. The summed E-state index contributed by atoms with van der Waals surface area (Å²) in [5, 5.41) is 0. The standard InChI is InChI=1S/C25H38O5/c1-5-7-8-9-10-13-18-28-22-15-12-11-14-21(22)16-17-23(26)29-19-20-30-24(27)25(3,4)6-2/h11-12,14-17H,5-10,13,18-20H2,1-4H3/b17-16+. The van der Waals surface area contributed by atoms with Crippen LogP contribution >= 0.6 is 0 Å². The lowest BCUT2D eigenvalue weighted by Gasteiger charge is -2.20. The zero-order chi connectivity index (χ0) is 22.2. The van der Waals surface area contributed by atoms with Crippen molar-refractivity contribution >= 4 is 18.0 Å². The second-order valence-corrected chi connectivity index (χ2v) is 8.03. The minimum atomic E-state index is -0.525. The van der Waals surface area contributed by atoms with E-state index in [9.17, 15) is 9.59 Å². The van der Waals surface area contributed by atoms with Crippen molar-refractivity contribution in [3.63, 3.8) is 0 Å². The van der Waals surface area contributed by atoms with Gasteiger partial charge in [0.1, 0.15) is 19.0 Å². The third kappa shape index (κ3) is 10.5. The van der Waals surface area contributed by atoms with Gasteiger partial charge in [-0.2, -0.15) is 0 Å². The minimum absolute atomic E-state index is 0.0326. The number of benzene rings is 1. The molecule has 0 aliphatic rings. The summed E-state index contributed by atoms with van der Waals surface area (Å²) in [6.07, 6.45) is 11.0. The first kappa shape index (κ1) is 25.7. The maximum atomic E-state index is 11.9.